The second kappa shape index (κ2) is 7.62. The lowest BCUT2D eigenvalue weighted by atomic mass is 10.2. The van der Waals surface area contributed by atoms with Crippen LogP contribution in [0.2, 0.25) is 0 Å². The van der Waals surface area contributed by atoms with Crippen molar-refractivity contribution < 1.29 is 4.79 Å². The van der Waals surface area contributed by atoms with Crippen LogP contribution in [0, 0.1) is 0 Å². The van der Waals surface area contributed by atoms with E-state index in [2.05, 4.69) is 30.4 Å². The number of H-pyrrole nitrogens is 1. The Morgan fingerprint density at radius 3 is 2.83 bits per heavy atom. The minimum Gasteiger partial charge on any atom is -0.351 e. The third-order valence-electron chi connectivity index (χ3n) is 5.39. The second-order valence-corrected chi connectivity index (χ2v) is 7.70. The molecular weight excluding hydrogens is 366 g/mol. The fourth-order valence-electron chi connectivity index (χ4n) is 3.70. The van der Waals surface area contributed by atoms with Gasteiger partial charge in [0.15, 0.2) is 5.82 Å². The van der Waals surface area contributed by atoms with Crippen LogP contribution in [0.5, 0.6) is 0 Å². The number of anilines is 1. The molecule has 5 rings (SSSR count). The van der Waals surface area contributed by atoms with E-state index in [1.807, 2.05) is 42.6 Å². The molecular formula is C21H23N7O. The molecule has 8 heteroatoms. The number of benzene rings is 1. The molecule has 2 fully saturated rings. The number of carbonyl (C=O) groups is 1. The monoisotopic (exact) mass is 389 g/mol. The first kappa shape index (κ1) is 17.8. The van der Waals surface area contributed by atoms with Gasteiger partial charge in [-0.2, -0.15) is 5.10 Å². The summed E-state index contributed by atoms with van der Waals surface area (Å²) in [6.45, 7) is 1.57. The van der Waals surface area contributed by atoms with Gasteiger partial charge in [-0.25, -0.2) is 15.0 Å². The smallest absolute Gasteiger partial charge is 0.227 e. The maximum absolute atomic E-state index is 12.5. The van der Waals surface area contributed by atoms with E-state index in [9.17, 15) is 4.79 Å². The molecule has 1 aliphatic heterocycles. The SMILES string of the molecule is O=C(Cc1nc(-c2ccccc2)n[nH]1)NC1CCN(c2nccc(C3CC3)n2)C1. The minimum absolute atomic E-state index is 0.0553. The molecule has 29 heavy (non-hydrogen) atoms. The van der Waals surface area contributed by atoms with Gasteiger partial charge >= 0.3 is 0 Å². The molecule has 1 saturated carbocycles. The summed E-state index contributed by atoms with van der Waals surface area (Å²) in [6, 6.07) is 11.8. The van der Waals surface area contributed by atoms with Gasteiger partial charge in [-0.1, -0.05) is 30.3 Å². The Hall–Kier alpha value is -3.29. The Morgan fingerprint density at radius 1 is 1.14 bits per heavy atom. The van der Waals surface area contributed by atoms with E-state index in [4.69, 9.17) is 4.98 Å². The topological polar surface area (TPSA) is 99.7 Å². The molecule has 2 N–H and O–H groups in total. The predicted octanol–water partition coefficient (Wildman–Crippen LogP) is 2.08. The number of nitrogens with zero attached hydrogens (tertiary/aromatic N) is 5. The molecule has 148 valence electrons. The molecule has 1 atom stereocenters. The largest absolute Gasteiger partial charge is 0.351 e. The Bertz CT molecular complexity index is 999. The van der Waals surface area contributed by atoms with Gasteiger partial charge in [0.25, 0.3) is 0 Å². The molecule has 8 nitrogen and oxygen atoms in total. The summed E-state index contributed by atoms with van der Waals surface area (Å²) in [7, 11) is 0. The Balaban J connectivity index is 1.16. The van der Waals surface area contributed by atoms with Crippen molar-refractivity contribution >= 4 is 11.9 Å². The van der Waals surface area contributed by atoms with Crippen molar-refractivity contribution in [2.24, 2.45) is 0 Å². The molecule has 2 aromatic heterocycles. The van der Waals surface area contributed by atoms with Crippen LogP contribution < -0.4 is 10.2 Å². The Labute approximate surface area is 168 Å². The standard InChI is InChI=1S/C21H23N7O/c29-19(12-18-25-20(27-26-18)15-4-2-1-3-5-15)23-16-9-11-28(13-16)21-22-10-8-17(24-21)14-6-7-14/h1-5,8,10,14,16H,6-7,9,11-13H2,(H,23,29)(H,25,26,27). The number of aromatic nitrogens is 5. The Morgan fingerprint density at radius 2 is 2.00 bits per heavy atom. The van der Waals surface area contributed by atoms with Crippen molar-refractivity contribution in [1.82, 2.24) is 30.5 Å². The number of aromatic amines is 1. The van der Waals surface area contributed by atoms with Crippen molar-refractivity contribution in [2.45, 2.75) is 37.6 Å². The first-order chi connectivity index (χ1) is 14.2. The summed E-state index contributed by atoms with van der Waals surface area (Å²) < 4.78 is 0. The maximum atomic E-state index is 12.5. The summed E-state index contributed by atoms with van der Waals surface area (Å²) in [4.78, 5) is 28.2. The molecule has 1 saturated heterocycles. The fourth-order valence-corrected chi connectivity index (χ4v) is 3.70. The maximum Gasteiger partial charge on any atom is 0.227 e. The minimum atomic E-state index is -0.0553. The van der Waals surface area contributed by atoms with Crippen molar-refractivity contribution in [3.63, 3.8) is 0 Å². The average molecular weight is 389 g/mol. The number of hydrogen-bond donors (Lipinski definition) is 2. The number of rotatable bonds is 6. The molecule has 2 aliphatic rings. The summed E-state index contributed by atoms with van der Waals surface area (Å²) in [5, 5.41) is 10.2. The van der Waals surface area contributed by atoms with Gasteiger partial charge in [0.05, 0.1) is 6.42 Å². The molecule has 0 radical (unpaired) electrons. The van der Waals surface area contributed by atoms with Gasteiger partial charge in [-0.15, -0.1) is 0 Å². The lowest BCUT2D eigenvalue weighted by Crippen LogP contribution is -2.38. The molecule has 3 aromatic rings. The highest BCUT2D eigenvalue weighted by Gasteiger charge is 2.29. The van der Waals surface area contributed by atoms with Crippen LogP contribution in [-0.4, -0.2) is 50.2 Å². The lowest BCUT2D eigenvalue weighted by molar-refractivity contribution is -0.121. The van der Waals surface area contributed by atoms with E-state index in [0.29, 0.717) is 17.6 Å². The first-order valence-corrected chi connectivity index (χ1v) is 10.1. The molecule has 1 aliphatic carbocycles. The molecule has 3 heterocycles. The zero-order valence-electron chi connectivity index (χ0n) is 16.1. The summed E-state index contributed by atoms with van der Waals surface area (Å²) >= 11 is 0. The molecule has 0 bridgehead atoms. The first-order valence-electron chi connectivity index (χ1n) is 10.1. The van der Waals surface area contributed by atoms with Gasteiger partial charge in [-0.05, 0) is 25.3 Å². The van der Waals surface area contributed by atoms with Gasteiger partial charge in [0, 0.05) is 42.5 Å². The van der Waals surface area contributed by atoms with Crippen LogP contribution >= 0.6 is 0 Å². The van der Waals surface area contributed by atoms with E-state index in [-0.39, 0.29) is 18.4 Å². The number of hydrogen-bond acceptors (Lipinski definition) is 6. The van der Waals surface area contributed by atoms with Crippen LogP contribution in [-0.2, 0) is 11.2 Å². The average Bonchev–Trinajstić information content (AvgIpc) is 3.33. The van der Waals surface area contributed by atoms with Crippen LogP contribution in [0.4, 0.5) is 5.95 Å². The molecule has 1 aromatic carbocycles. The van der Waals surface area contributed by atoms with Crippen molar-refractivity contribution in [2.75, 3.05) is 18.0 Å². The highest BCUT2D eigenvalue weighted by atomic mass is 16.1. The van der Waals surface area contributed by atoms with E-state index >= 15 is 0 Å². The summed E-state index contributed by atoms with van der Waals surface area (Å²) in [5.74, 6) is 2.50. The third kappa shape index (κ3) is 4.11. The number of amides is 1. The number of carbonyl (C=O) groups excluding carboxylic acids is 1. The Kier molecular flexibility index (Phi) is 4.67. The highest BCUT2D eigenvalue weighted by Crippen LogP contribution is 2.39. The third-order valence-corrected chi connectivity index (χ3v) is 5.39. The van der Waals surface area contributed by atoms with Crippen molar-refractivity contribution in [3.05, 3.63) is 54.1 Å². The van der Waals surface area contributed by atoms with Crippen molar-refractivity contribution in [3.8, 4) is 11.4 Å². The van der Waals surface area contributed by atoms with Gasteiger partial charge < -0.3 is 10.2 Å². The van der Waals surface area contributed by atoms with E-state index < -0.39 is 0 Å². The van der Waals surface area contributed by atoms with Gasteiger partial charge in [0.2, 0.25) is 11.9 Å². The molecule has 1 unspecified atom stereocenters. The number of nitrogens with one attached hydrogen (secondary N) is 2. The van der Waals surface area contributed by atoms with E-state index in [0.717, 1.165) is 36.7 Å². The highest BCUT2D eigenvalue weighted by molar-refractivity contribution is 5.78. The van der Waals surface area contributed by atoms with Crippen LogP contribution in [0.1, 0.15) is 36.7 Å². The van der Waals surface area contributed by atoms with Gasteiger partial charge in [0.1, 0.15) is 5.82 Å². The second-order valence-electron chi connectivity index (χ2n) is 7.70. The van der Waals surface area contributed by atoms with Crippen LogP contribution in [0.25, 0.3) is 11.4 Å². The van der Waals surface area contributed by atoms with Crippen molar-refractivity contribution in [1.29, 1.82) is 0 Å². The van der Waals surface area contributed by atoms with E-state index in [1.54, 1.807) is 0 Å². The quantitative estimate of drug-likeness (QED) is 0.670. The molecule has 1 amide bonds. The van der Waals surface area contributed by atoms with Crippen LogP contribution in [0.15, 0.2) is 42.6 Å². The lowest BCUT2D eigenvalue weighted by Gasteiger charge is -2.17. The fraction of sp³-hybridized carbons (Fsp3) is 0.381. The van der Waals surface area contributed by atoms with Gasteiger partial charge in [-0.3, -0.25) is 9.89 Å². The van der Waals surface area contributed by atoms with Crippen LogP contribution in [0.3, 0.4) is 0 Å². The summed E-state index contributed by atoms with van der Waals surface area (Å²) in [6.07, 6.45) is 5.36. The van der Waals surface area contributed by atoms with E-state index in [1.165, 1.54) is 12.8 Å². The zero-order chi connectivity index (χ0) is 19.6. The molecule has 0 spiro atoms. The predicted molar refractivity (Wildman–Crippen MR) is 108 cm³/mol. The summed E-state index contributed by atoms with van der Waals surface area (Å²) in [5.41, 5.74) is 2.07. The normalized spacial score (nSPS) is 18.8. The zero-order valence-corrected chi connectivity index (χ0v) is 16.1.